The lowest BCUT2D eigenvalue weighted by molar-refractivity contribution is -0.118. The van der Waals surface area contributed by atoms with Crippen LogP contribution in [-0.4, -0.2) is 40.2 Å². The van der Waals surface area contributed by atoms with Crippen molar-refractivity contribution in [3.8, 4) is 5.75 Å². The second-order valence-corrected chi connectivity index (χ2v) is 9.10. The first-order valence-electron chi connectivity index (χ1n) is 10.8. The van der Waals surface area contributed by atoms with Crippen LogP contribution in [-0.2, 0) is 4.79 Å². The van der Waals surface area contributed by atoms with Crippen molar-refractivity contribution in [3.63, 3.8) is 0 Å². The molecule has 1 aromatic heterocycles. The lowest BCUT2D eigenvalue weighted by Gasteiger charge is -2.06. The summed E-state index contributed by atoms with van der Waals surface area (Å²) >= 11 is 3.05. The molecule has 0 aliphatic carbocycles. The number of amides is 1. The topological polar surface area (TPSA) is 76.5 Å². The molecule has 1 N–H and O–H groups in total. The summed E-state index contributed by atoms with van der Waals surface area (Å²) < 4.78 is 5.69. The normalized spacial score (nSPS) is 11.1. The van der Waals surface area contributed by atoms with Crippen LogP contribution < -0.4 is 10.2 Å². The van der Waals surface area contributed by atoms with Gasteiger partial charge in [-0.3, -0.25) is 4.79 Å². The van der Waals surface area contributed by atoms with Gasteiger partial charge >= 0.3 is 0 Å². The Morgan fingerprint density at radius 2 is 1.87 bits per heavy atom. The smallest absolute Gasteiger partial charge is 0.250 e. The van der Waals surface area contributed by atoms with Gasteiger partial charge in [-0.1, -0.05) is 56.6 Å². The van der Waals surface area contributed by atoms with Gasteiger partial charge in [0.2, 0.25) is 5.91 Å². The molecule has 0 aliphatic heterocycles. The van der Waals surface area contributed by atoms with Gasteiger partial charge in [0.25, 0.3) is 0 Å². The highest BCUT2D eigenvalue weighted by molar-refractivity contribution is 8.00. The van der Waals surface area contributed by atoms with E-state index in [9.17, 15) is 4.79 Å². The number of benzene rings is 1. The van der Waals surface area contributed by atoms with E-state index in [-0.39, 0.29) is 11.7 Å². The zero-order valence-corrected chi connectivity index (χ0v) is 20.2. The zero-order valence-electron chi connectivity index (χ0n) is 18.6. The number of hydrogen-bond acceptors (Lipinski definition) is 7. The monoisotopic (exact) mass is 460 g/mol. The van der Waals surface area contributed by atoms with Crippen LogP contribution in [0.15, 0.2) is 45.6 Å². The van der Waals surface area contributed by atoms with Crippen molar-refractivity contribution in [2.45, 2.75) is 63.1 Å². The lowest BCUT2D eigenvalue weighted by atomic mass is 10.2. The van der Waals surface area contributed by atoms with Crippen LogP contribution in [0.3, 0.4) is 0 Å². The second kappa shape index (κ2) is 14.9. The van der Waals surface area contributed by atoms with Gasteiger partial charge in [0.1, 0.15) is 10.8 Å². The van der Waals surface area contributed by atoms with Gasteiger partial charge in [-0.15, -0.1) is 0 Å². The summed E-state index contributed by atoms with van der Waals surface area (Å²) in [5.74, 6) is 1.93. The number of aryl methyl sites for hydroxylation is 1. The predicted molar refractivity (Wildman–Crippen MR) is 130 cm³/mol. The third-order valence-electron chi connectivity index (χ3n) is 4.19. The Hall–Kier alpha value is -2.06. The van der Waals surface area contributed by atoms with Crippen LogP contribution in [0, 0.1) is 6.92 Å². The number of nitrogens with one attached hydrogen (secondary N) is 1. The lowest BCUT2D eigenvalue weighted by Crippen LogP contribution is -2.19. The summed E-state index contributed by atoms with van der Waals surface area (Å²) in [6.45, 7) is 7.02. The minimum atomic E-state index is -0.173. The Kier molecular flexibility index (Phi) is 12.1. The van der Waals surface area contributed by atoms with Crippen LogP contribution in [0.1, 0.15) is 57.2 Å². The number of hydrogen-bond donors (Lipinski definition) is 1. The van der Waals surface area contributed by atoms with Crippen molar-refractivity contribution in [3.05, 3.63) is 41.6 Å². The van der Waals surface area contributed by atoms with Crippen molar-refractivity contribution in [2.24, 2.45) is 5.10 Å². The van der Waals surface area contributed by atoms with E-state index >= 15 is 0 Å². The molecule has 1 amide bonds. The summed E-state index contributed by atoms with van der Waals surface area (Å²) in [5, 5.41) is 5.62. The van der Waals surface area contributed by atoms with Gasteiger partial charge in [-0.05, 0) is 55.7 Å². The van der Waals surface area contributed by atoms with Crippen LogP contribution in [0.25, 0.3) is 0 Å². The standard InChI is InChI=1S/C23H32N4O2S2/c1-4-6-8-13-29-20-11-9-19(10-12-20)16-24-27-21(28)17-31-22-15-18(3)25-23(26-22)30-14-7-5-2/h9-12,15-16H,4-8,13-14,17H2,1-3H3,(H,27,28)/b24-16-. The molecule has 0 radical (unpaired) electrons. The highest BCUT2D eigenvalue weighted by Crippen LogP contribution is 2.21. The first-order chi connectivity index (χ1) is 15.1. The van der Waals surface area contributed by atoms with Crippen molar-refractivity contribution in [1.29, 1.82) is 0 Å². The van der Waals surface area contributed by atoms with E-state index in [2.05, 4.69) is 34.3 Å². The van der Waals surface area contributed by atoms with E-state index in [1.165, 1.54) is 24.6 Å². The number of carbonyl (C=O) groups is 1. The van der Waals surface area contributed by atoms with E-state index in [4.69, 9.17) is 4.74 Å². The third kappa shape index (κ3) is 10.7. The molecule has 0 atom stereocenters. The number of aromatic nitrogens is 2. The number of ether oxygens (including phenoxy) is 1. The van der Waals surface area contributed by atoms with Crippen LogP contribution in [0.4, 0.5) is 0 Å². The Balaban J connectivity index is 1.74. The fourth-order valence-corrected chi connectivity index (χ4v) is 4.30. The van der Waals surface area contributed by atoms with Crippen molar-refractivity contribution < 1.29 is 9.53 Å². The molecule has 0 unspecified atom stereocenters. The fraction of sp³-hybridized carbons (Fsp3) is 0.478. The Morgan fingerprint density at radius 1 is 1.10 bits per heavy atom. The van der Waals surface area contributed by atoms with E-state index < -0.39 is 0 Å². The van der Waals surface area contributed by atoms with Gasteiger partial charge in [0.05, 0.1) is 18.6 Å². The Bertz CT molecular complexity index is 829. The Morgan fingerprint density at radius 3 is 2.61 bits per heavy atom. The van der Waals surface area contributed by atoms with Crippen LogP contribution >= 0.6 is 23.5 Å². The molecule has 31 heavy (non-hydrogen) atoms. The first-order valence-corrected chi connectivity index (χ1v) is 12.7. The van der Waals surface area contributed by atoms with Gasteiger partial charge in [0, 0.05) is 11.4 Å². The van der Waals surface area contributed by atoms with Crippen LogP contribution in [0.2, 0.25) is 0 Å². The summed E-state index contributed by atoms with van der Waals surface area (Å²) in [4.78, 5) is 21.1. The molecule has 0 aliphatic rings. The molecule has 0 saturated heterocycles. The number of unbranched alkanes of at least 4 members (excludes halogenated alkanes) is 3. The minimum absolute atomic E-state index is 0.173. The molecular weight excluding hydrogens is 428 g/mol. The number of hydrazone groups is 1. The molecule has 0 fully saturated rings. The number of nitrogens with zero attached hydrogens (tertiary/aromatic N) is 3. The Labute approximate surface area is 194 Å². The molecule has 0 bridgehead atoms. The molecule has 1 heterocycles. The zero-order chi connectivity index (χ0) is 22.3. The van der Waals surface area contributed by atoms with Crippen molar-refractivity contribution in [2.75, 3.05) is 18.1 Å². The molecule has 6 nitrogen and oxygen atoms in total. The highest BCUT2D eigenvalue weighted by Gasteiger charge is 2.07. The average molecular weight is 461 g/mol. The maximum absolute atomic E-state index is 12.1. The molecular formula is C23H32N4O2S2. The molecule has 2 aromatic rings. The quantitative estimate of drug-likeness (QED) is 0.100. The molecule has 8 heteroatoms. The molecule has 1 aromatic carbocycles. The average Bonchev–Trinajstić information content (AvgIpc) is 2.76. The summed E-state index contributed by atoms with van der Waals surface area (Å²) in [5.41, 5.74) is 4.37. The van der Waals surface area contributed by atoms with Gasteiger partial charge < -0.3 is 4.74 Å². The molecule has 168 valence electrons. The summed E-state index contributed by atoms with van der Waals surface area (Å²) in [6.07, 6.45) is 7.34. The number of carbonyl (C=O) groups excluding carboxylic acids is 1. The van der Waals surface area contributed by atoms with E-state index in [1.54, 1.807) is 18.0 Å². The summed E-state index contributed by atoms with van der Waals surface area (Å²) in [7, 11) is 0. The predicted octanol–water partition coefficient (Wildman–Crippen LogP) is 5.49. The van der Waals surface area contributed by atoms with E-state index in [1.807, 2.05) is 37.3 Å². The van der Waals surface area contributed by atoms with Crippen molar-refractivity contribution >= 4 is 35.6 Å². The molecule has 0 spiro atoms. The van der Waals surface area contributed by atoms with Gasteiger partial charge in [-0.2, -0.15) is 5.10 Å². The number of thioether (sulfide) groups is 2. The van der Waals surface area contributed by atoms with E-state index in [0.717, 1.165) is 58.8 Å². The first kappa shape index (κ1) is 25.2. The minimum Gasteiger partial charge on any atom is -0.494 e. The van der Waals surface area contributed by atoms with Gasteiger partial charge in [-0.25, -0.2) is 15.4 Å². The highest BCUT2D eigenvalue weighted by atomic mass is 32.2. The van der Waals surface area contributed by atoms with Crippen LogP contribution in [0.5, 0.6) is 5.75 Å². The maximum Gasteiger partial charge on any atom is 0.250 e. The number of rotatable bonds is 14. The fourth-order valence-electron chi connectivity index (χ4n) is 2.50. The maximum atomic E-state index is 12.1. The molecule has 2 rings (SSSR count). The molecule has 0 saturated carbocycles. The summed E-state index contributed by atoms with van der Waals surface area (Å²) in [6, 6.07) is 9.57. The van der Waals surface area contributed by atoms with Gasteiger partial charge in [0.15, 0.2) is 5.16 Å². The van der Waals surface area contributed by atoms with Crippen molar-refractivity contribution in [1.82, 2.24) is 15.4 Å². The third-order valence-corrected chi connectivity index (χ3v) is 6.03. The SMILES string of the molecule is CCCCCOc1ccc(/C=N\NC(=O)CSc2cc(C)nc(SCCCC)n2)cc1. The second-order valence-electron chi connectivity index (χ2n) is 7.04. The van der Waals surface area contributed by atoms with E-state index in [0.29, 0.717) is 0 Å². The largest absolute Gasteiger partial charge is 0.494 e.